The normalized spacial score (nSPS) is 14.0. The number of hydrogen-bond acceptors (Lipinski definition) is 10. The van der Waals surface area contributed by atoms with Gasteiger partial charge in [0.2, 0.25) is 0 Å². The molecular weight excluding hydrogens is 976 g/mol. The molecule has 0 fully saturated rings. The van der Waals surface area contributed by atoms with Gasteiger partial charge < -0.3 is 24.2 Å². The van der Waals surface area contributed by atoms with Crippen molar-refractivity contribution in [1.82, 2.24) is 0 Å². The maximum absolute atomic E-state index is 12.9. The van der Waals surface area contributed by atoms with Crippen LogP contribution in [0.25, 0.3) is 0 Å². The molecule has 436 valence electrons. The van der Waals surface area contributed by atoms with E-state index >= 15 is 0 Å². The van der Waals surface area contributed by atoms with Crippen LogP contribution in [0.5, 0.6) is 0 Å². The van der Waals surface area contributed by atoms with E-state index in [1.165, 1.54) is 96.3 Å². The fourth-order valence-electron chi connectivity index (χ4n) is 7.99. The third kappa shape index (κ3) is 55.2. The highest BCUT2D eigenvalue weighted by atomic mass is 31.2. The summed E-state index contributed by atoms with van der Waals surface area (Å²) in [5.74, 6) is -1.56. The maximum atomic E-state index is 12.9. The Kier molecular flexibility index (Phi) is 54.8. The Morgan fingerprint density at radius 2 is 0.684 bits per heavy atom. The monoisotopic (exact) mass is 1080 g/mol. The number of rotatable bonds is 55. The lowest BCUT2D eigenvalue weighted by atomic mass is 10.0. The lowest BCUT2D eigenvalue weighted by Gasteiger charge is -2.21. The molecule has 11 nitrogen and oxygen atoms in total. The van der Waals surface area contributed by atoms with Gasteiger partial charge in [0.1, 0.15) is 12.7 Å². The van der Waals surface area contributed by atoms with E-state index in [1.54, 1.807) is 0 Å². The van der Waals surface area contributed by atoms with Crippen LogP contribution in [-0.4, -0.2) is 66.5 Å². The number of esters is 3. The van der Waals surface area contributed by atoms with Crippen LogP contribution < -0.4 is 0 Å². The second kappa shape index (κ2) is 57.6. The van der Waals surface area contributed by atoms with Gasteiger partial charge in [-0.3, -0.25) is 23.4 Å². The number of ether oxygens (including phenoxy) is 3. The van der Waals surface area contributed by atoms with E-state index < -0.39 is 57.8 Å². The average Bonchev–Trinajstić information content (AvgIpc) is 3.41. The summed E-state index contributed by atoms with van der Waals surface area (Å²) >= 11 is 0. The molecule has 76 heavy (non-hydrogen) atoms. The molecule has 12 heteroatoms. The summed E-state index contributed by atoms with van der Waals surface area (Å²) in [6.45, 7) is 4.34. The van der Waals surface area contributed by atoms with Crippen LogP contribution in [0.4, 0.5) is 0 Å². The Hall–Kier alpha value is -3.60. The van der Waals surface area contributed by atoms with Crippen molar-refractivity contribution in [2.45, 2.75) is 264 Å². The number of allylic oxidation sites excluding steroid dienone is 16. The number of carbonyl (C=O) groups excluding carboxylic acids is 3. The van der Waals surface area contributed by atoms with Crippen molar-refractivity contribution in [3.8, 4) is 0 Å². The quantitative estimate of drug-likeness (QED) is 0.0197. The molecule has 0 rings (SSSR count). The van der Waals surface area contributed by atoms with Crippen LogP contribution in [0, 0.1) is 0 Å². The van der Waals surface area contributed by atoms with Crippen LogP contribution in [0.15, 0.2) is 97.2 Å². The molecule has 0 aromatic rings. The third-order valence-corrected chi connectivity index (χ3v) is 13.5. The SMILES string of the molecule is CC/C=C\C/C=C\C/C=C\C/C=C\CCCCC(=O)OC(CO)COP(=O)(O)OCC(COC(=O)CCCCCCCCCCCCCCCCCCCCC)OC(=O)CCCC/C=C\C/C=C\C/C=C\C/C=C\CC. The first-order chi connectivity index (χ1) is 37.2. The number of phosphoric acid groups is 1. The fraction of sp³-hybridized carbons (Fsp3) is 0.703. The zero-order valence-electron chi connectivity index (χ0n) is 48.2. The molecule has 0 saturated carbocycles. The predicted molar refractivity (Wildman–Crippen MR) is 316 cm³/mol. The standard InChI is InChI=1S/C64H109O11P/c1-4-7-10-13-16-19-22-25-28-29-30-31-34-35-38-41-44-47-50-53-62(66)71-57-61(75-64(68)55-52-49-46-43-40-37-33-27-24-21-18-15-12-9-6-3)59-73-76(69,70)72-58-60(56-65)74-63(67)54-51-48-45-42-39-36-32-26-23-20-17-14-11-8-5-2/h8-9,11-12,17-18,20-21,26-27,32-33,39-40,42-43,60-61,65H,4-7,10,13-16,19,22-25,28-31,34-38,41,44-59H2,1-3H3,(H,69,70)/b11-8-,12-9-,20-17-,21-18-,32-26-,33-27-,42-39-,43-40-. The summed E-state index contributed by atoms with van der Waals surface area (Å²) < 4.78 is 39.5. The number of unbranched alkanes of at least 4 members (excludes halogenated alkanes) is 22. The van der Waals surface area contributed by atoms with E-state index in [0.717, 1.165) is 96.3 Å². The van der Waals surface area contributed by atoms with E-state index in [9.17, 15) is 28.9 Å². The second-order valence-corrected chi connectivity index (χ2v) is 21.2. The van der Waals surface area contributed by atoms with Crippen molar-refractivity contribution in [2.24, 2.45) is 0 Å². The Bertz CT molecular complexity index is 1640. The summed E-state index contributed by atoms with van der Waals surface area (Å²) in [7, 11) is -4.78. The van der Waals surface area contributed by atoms with Gasteiger partial charge in [0.25, 0.3) is 0 Å². The van der Waals surface area contributed by atoms with Crippen LogP contribution in [0.3, 0.4) is 0 Å². The molecule has 0 spiro atoms. The number of carbonyl (C=O) groups is 3. The molecule has 0 amide bonds. The van der Waals surface area contributed by atoms with Gasteiger partial charge in [-0.15, -0.1) is 0 Å². The lowest BCUT2D eigenvalue weighted by Crippen LogP contribution is -2.30. The van der Waals surface area contributed by atoms with Crippen molar-refractivity contribution in [3.63, 3.8) is 0 Å². The van der Waals surface area contributed by atoms with Crippen LogP contribution >= 0.6 is 7.82 Å². The molecule has 0 heterocycles. The van der Waals surface area contributed by atoms with Gasteiger partial charge in [0.05, 0.1) is 19.8 Å². The first-order valence-electron chi connectivity index (χ1n) is 30.1. The minimum atomic E-state index is -4.78. The van der Waals surface area contributed by atoms with Gasteiger partial charge in [0, 0.05) is 19.3 Å². The minimum absolute atomic E-state index is 0.110. The van der Waals surface area contributed by atoms with Crippen LogP contribution in [0.2, 0.25) is 0 Å². The smallest absolute Gasteiger partial charge is 0.462 e. The molecule has 0 aliphatic rings. The van der Waals surface area contributed by atoms with Crippen molar-refractivity contribution in [3.05, 3.63) is 97.2 Å². The minimum Gasteiger partial charge on any atom is -0.462 e. The molecule has 0 aliphatic carbocycles. The molecule has 0 aromatic carbocycles. The first-order valence-corrected chi connectivity index (χ1v) is 31.6. The van der Waals surface area contributed by atoms with Crippen molar-refractivity contribution >= 4 is 25.7 Å². The highest BCUT2D eigenvalue weighted by Crippen LogP contribution is 2.43. The number of hydrogen-bond donors (Lipinski definition) is 2. The van der Waals surface area contributed by atoms with E-state index in [0.29, 0.717) is 19.3 Å². The van der Waals surface area contributed by atoms with Gasteiger partial charge in [-0.25, -0.2) is 4.57 Å². The van der Waals surface area contributed by atoms with Gasteiger partial charge in [-0.05, 0) is 96.3 Å². The second-order valence-electron chi connectivity index (χ2n) is 19.8. The number of phosphoric ester groups is 1. The zero-order valence-corrected chi connectivity index (χ0v) is 49.1. The molecule has 0 bridgehead atoms. The number of aliphatic hydroxyl groups excluding tert-OH is 1. The Labute approximate surface area is 463 Å². The maximum Gasteiger partial charge on any atom is 0.472 e. The molecule has 0 aromatic heterocycles. The molecule has 0 radical (unpaired) electrons. The zero-order chi connectivity index (χ0) is 55.5. The van der Waals surface area contributed by atoms with Gasteiger partial charge >= 0.3 is 25.7 Å². The van der Waals surface area contributed by atoms with Gasteiger partial charge in [0.15, 0.2) is 6.10 Å². The van der Waals surface area contributed by atoms with Crippen molar-refractivity contribution in [1.29, 1.82) is 0 Å². The van der Waals surface area contributed by atoms with E-state index in [4.69, 9.17) is 23.3 Å². The molecule has 3 unspecified atom stereocenters. The summed E-state index contributed by atoms with van der Waals surface area (Å²) in [5.41, 5.74) is 0. The largest absolute Gasteiger partial charge is 0.472 e. The molecule has 2 N–H and O–H groups in total. The lowest BCUT2D eigenvalue weighted by molar-refractivity contribution is -0.161. The highest BCUT2D eigenvalue weighted by molar-refractivity contribution is 7.47. The first kappa shape index (κ1) is 72.4. The Morgan fingerprint density at radius 1 is 0.382 bits per heavy atom. The van der Waals surface area contributed by atoms with E-state index in [-0.39, 0.29) is 25.9 Å². The van der Waals surface area contributed by atoms with E-state index in [1.807, 2.05) is 0 Å². The summed E-state index contributed by atoms with van der Waals surface area (Å²) in [6.07, 6.45) is 68.1. The van der Waals surface area contributed by atoms with Crippen LogP contribution in [-0.2, 0) is 42.2 Å². The van der Waals surface area contributed by atoms with Crippen molar-refractivity contribution < 1.29 is 52.2 Å². The number of aliphatic hydroxyl groups is 1. The summed E-state index contributed by atoms with van der Waals surface area (Å²) in [5, 5.41) is 9.81. The summed E-state index contributed by atoms with van der Waals surface area (Å²) in [4.78, 5) is 48.6. The van der Waals surface area contributed by atoms with Crippen LogP contribution in [0.1, 0.15) is 252 Å². The Morgan fingerprint density at radius 3 is 1.05 bits per heavy atom. The highest BCUT2D eigenvalue weighted by Gasteiger charge is 2.28. The van der Waals surface area contributed by atoms with Crippen molar-refractivity contribution in [2.75, 3.05) is 26.4 Å². The van der Waals surface area contributed by atoms with Gasteiger partial charge in [-0.1, -0.05) is 234 Å². The fourth-order valence-corrected chi connectivity index (χ4v) is 8.77. The molecule has 0 aliphatic heterocycles. The molecule has 0 saturated heterocycles. The third-order valence-electron chi connectivity index (χ3n) is 12.5. The van der Waals surface area contributed by atoms with Gasteiger partial charge in [-0.2, -0.15) is 0 Å². The average molecular weight is 1090 g/mol. The van der Waals surface area contributed by atoms with E-state index in [2.05, 4.69) is 118 Å². The summed E-state index contributed by atoms with van der Waals surface area (Å²) in [6, 6.07) is 0. The molecule has 3 atom stereocenters. The topological polar surface area (TPSA) is 155 Å². The predicted octanol–water partition coefficient (Wildman–Crippen LogP) is 18.0. The Balaban J connectivity index is 4.77. The molecular formula is C64H109O11P.